The lowest BCUT2D eigenvalue weighted by atomic mass is 10.0. The molecule has 0 aromatic heterocycles. The van der Waals surface area contributed by atoms with Crippen LogP contribution in [-0.2, 0) is 59.1 Å². The monoisotopic (exact) mass is 762 g/mol. The third-order valence-electron chi connectivity index (χ3n) is 7.73. The van der Waals surface area contributed by atoms with Gasteiger partial charge in [-0.15, -0.1) is 0 Å². The van der Waals surface area contributed by atoms with Crippen molar-refractivity contribution in [2.24, 2.45) is 11.7 Å². The second-order valence-electron chi connectivity index (χ2n) is 12.3. The number of ether oxygens (including phenoxy) is 5. The summed E-state index contributed by atoms with van der Waals surface area (Å²) < 4.78 is 26.8. The van der Waals surface area contributed by atoms with Crippen molar-refractivity contribution in [1.29, 1.82) is 0 Å². The number of anilines is 1. The van der Waals surface area contributed by atoms with Crippen molar-refractivity contribution in [3.05, 3.63) is 42.0 Å². The molecule has 0 aliphatic carbocycles. The van der Waals surface area contributed by atoms with E-state index in [0.717, 1.165) is 10.5 Å². The Labute approximate surface area is 315 Å². The van der Waals surface area contributed by atoms with Crippen molar-refractivity contribution in [2.45, 2.75) is 65.1 Å². The lowest BCUT2D eigenvalue weighted by molar-refractivity contribution is -0.144. The molecule has 0 fully saturated rings. The van der Waals surface area contributed by atoms with Crippen molar-refractivity contribution in [1.82, 2.24) is 20.9 Å². The van der Waals surface area contributed by atoms with Crippen LogP contribution >= 0.6 is 0 Å². The third-order valence-corrected chi connectivity index (χ3v) is 7.73. The number of urea groups is 1. The SMILES string of the molecule is CCC(=O)OCc1ccc(NC(=O)[C@H](CCCNC(N)=O)NC(=O)[C@@H](NC(=O)CCOCCOCCOCCOCCN2C(=O)C=CC2=O)C(C)C)cc1. The molecule has 6 N–H and O–H groups in total. The van der Waals surface area contributed by atoms with Crippen LogP contribution in [0.5, 0.6) is 0 Å². The molecule has 1 aliphatic heterocycles. The Morgan fingerprint density at radius 1 is 0.778 bits per heavy atom. The van der Waals surface area contributed by atoms with Crippen LogP contribution in [0.15, 0.2) is 36.4 Å². The van der Waals surface area contributed by atoms with Gasteiger partial charge >= 0.3 is 12.0 Å². The van der Waals surface area contributed by atoms with Gasteiger partial charge in [-0.1, -0.05) is 32.9 Å². The van der Waals surface area contributed by atoms with Crippen molar-refractivity contribution in [2.75, 3.05) is 71.3 Å². The molecular weight excluding hydrogens is 708 g/mol. The number of carbonyl (C=O) groups excluding carboxylic acids is 7. The zero-order valence-electron chi connectivity index (χ0n) is 31.2. The first-order chi connectivity index (χ1) is 25.9. The largest absolute Gasteiger partial charge is 0.461 e. The van der Waals surface area contributed by atoms with Crippen molar-refractivity contribution in [3.8, 4) is 0 Å². The summed E-state index contributed by atoms with van der Waals surface area (Å²) in [5, 5.41) is 10.7. The van der Waals surface area contributed by atoms with E-state index in [0.29, 0.717) is 38.5 Å². The smallest absolute Gasteiger partial charge is 0.312 e. The summed E-state index contributed by atoms with van der Waals surface area (Å²) in [4.78, 5) is 85.9. The van der Waals surface area contributed by atoms with Crippen LogP contribution in [0.1, 0.15) is 52.0 Å². The van der Waals surface area contributed by atoms with Crippen molar-refractivity contribution in [3.63, 3.8) is 0 Å². The minimum atomic E-state index is -0.999. The summed E-state index contributed by atoms with van der Waals surface area (Å²) in [6.07, 6.45) is 3.20. The highest BCUT2D eigenvalue weighted by Crippen LogP contribution is 2.13. The maximum absolute atomic E-state index is 13.4. The highest BCUT2D eigenvalue weighted by Gasteiger charge is 2.29. The number of amides is 7. The topological polar surface area (TPSA) is 243 Å². The van der Waals surface area contributed by atoms with Crippen molar-refractivity contribution < 1.29 is 57.2 Å². The maximum Gasteiger partial charge on any atom is 0.312 e. The third kappa shape index (κ3) is 18.7. The van der Waals surface area contributed by atoms with Crippen LogP contribution in [0.3, 0.4) is 0 Å². The first-order valence-corrected chi connectivity index (χ1v) is 17.9. The molecule has 54 heavy (non-hydrogen) atoms. The minimum Gasteiger partial charge on any atom is -0.461 e. The summed E-state index contributed by atoms with van der Waals surface area (Å²) in [6, 6.07) is 4.05. The number of hydrogen-bond donors (Lipinski definition) is 5. The molecule has 1 aromatic carbocycles. The zero-order valence-corrected chi connectivity index (χ0v) is 31.2. The van der Waals surface area contributed by atoms with Crippen molar-refractivity contribution >= 4 is 47.2 Å². The van der Waals surface area contributed by atoms with Gasteiger partial charge in [-0.3, -0.25) is 33.7 Å². The number of benzene rings is 1. The van der Waals surface area contributed by atoms with Gasteiger partial charge in [0, 0.05) is 37.2 Å². The van der Waals surface area contributed by atoms with Gasteiger partial charge in [-0.25, -0.2) is 4.79 Å². The number of nitrogens with zero attached hydrogens (tertiary/aromatic N) is 1. The second kappa shape index (κ2) is 26.0. The van der Waals surface area contributed by atoms with E-state index in [1.54, 1.807) is 45.0 Å². The zero-order chi connectivity index (χ0) is 39.7. The molecule has 18 heteroatoms. The molecular formula is C36H54N6O12. The Balaban J connectivity index is 1.69. The molecule has 7 amide bonds. The highest BCUT2D eigenvalue weighted by molar-refractivity contribution is 6.12. The van der Waals surface area contributed by atoms with E-state index in [1.165, 1.54) is 12.2 Å². The molecule has 0 bridgehead atoms. The van der Waals surface area contributed by atoms with E-state index in [1.807, 2.05) is 0 Å². The van der Waals surface area contributed by atoms with Gasteiger partial charge in [-0.2, -0.15) is 0 Å². The number of esters is 1. The van der Waals surface area contributed by atoms with E-state index in [2.05, 4.69) is 21.3 Å². The first-order valence-electron chi connectivity index (χ1n) is 17.9. The molecule has 1 heterocycles. The quantitative estimate of drug-likeness (QED) is 0.0446. The number of nitrogens with two attached hydrogens (primary N) is 1. The lowest BCUT2D eigenvalue weighted by Gasteiger charge is -2.25. The summed E-state index contributed by atoms with van der Waals surface area (Å²) in [5.74, 6) is -2.79. The van der Waals surface area contributed by atoms with E-state index in [9.17, 15) is 33.6 Å². The van der Waals surface area contributed by atoms with Gasteiger partial charge in [0.2, 0.25) is 17.7 Å². The fraction of sp³-hybridized carbons (Fsp3) is 0.583. The molecule has 0 unspecified atom stereocenters. The Morgan fingerprint density at radius 3 is 1.91 bits per heavy atom. The Hall–Kier alpha value is -4.91. The predicted molar refractivity (Wildman–Crippen MR) is 194 cm³/mol. The van der Waals surface area contributed by atoms with E-state index in [-0.39, 0.29) is 89.1 Å². The first kappa shape index (κ1) is 45.2. The van der Waals surface area contributed by atoms with Crippen LogP contribution in [0, 0.1) is 5.92 Å². The molecule has 2 rings (SSSR count). The van der Waals surface area contributed by atoms with Crippen LogP contribution in [0.2, 0.25) is 0 Å². The van der Waals surface area contributed by atoms with Gasteiger partial charge in [0.05, 0.1) is 59.4 Å². The number of imide groups is 1. The summed E-state index contributed by atoms with van der Waals surface area (Å²) >= 11 is 0. The number of rotatable bonds is 28. The van der Waals surface area contributed by atoms with Crippen LogP contribution in [0.25, 0.3) is 0 Å². The highest BCUT2D eigenvalue weighted by atomic mass is 16.6. The summed E-state index contributed by atoms with van der Waals surface area (Å²) in [5.41, 5.74) is 6.33. The molecule has 18 nitrogen and oxygen atoms in total. The van der Waals surface area contributed by atoms with Crippen LogP contribution in [0.4, 0.5) is 10.5 Å². The molecule has 300 valence electrons. The summed E-state index contributed by atoms with van der Waals surface area (Å²) in [7, 11) is 0. The van der Waals surface area contributed by atoms with Gasteiger partial charge in [0.15, 0.2) is 0 Å². The Morgan fingerprint density at radius 2 is 1.35 bits per heavy atom. The fourth-order valence-electron chi connectivity index (χ4n) is 4.74. The van der Waals surface area contributed by atoms with E-state index >= 15 is 0 Å². The standard InChI is InChI=1S/C36H54N6O12/c1-4-32(46)54-24-26-7-9-27(10-8-26)39-34(47)28(6-5-14-38-36(37)49)40-35(48)33(25(2)3)41-29(43)13-16-50-18-20-52-22-23-53-21-19-51-17-15-42-30(44)11-12-31(42)45/h7-12,25,28,33H,4-6,13-24H2,1-3H3,(H,39,47)(H,40,48)(H,41,43)(H3,37,38,49)/t28-,33-/m0/s1. The van der Waals surface area contributed by atoms with Crippen LogP contribution in [-0.4, -0.2) is 124 Å². The lowest BCUT2D eigenvalue weighted by Crippen LogP contribution is -2.54. The molecule has 2 atom stereocenters. The average Bonchev–Trinajstić information content (AvgIpc) is 3.46. The molecule has 0 saturated carbocycles. The molecule has 0 spiro atoms. The average molecular weight is 763 g/mol. The molecule has 0 saturated heterocycles. The van der Waals surface area contributed by atoms with Gasteiger partial charge < -0.3 is 50.7 Å². The molecule has 0 radical (unpaired) electrons. The predicted octanol–water partition coefficient (Wildman–Crippen LogP) is 0.534. The van der Waals surface area contributed by atoms with Gasteiger partial charge in [0.1, 0.15) is 18.7 Å². The maximum atomic E-state index is 13.4. The molecule has 1 aliphatic rings. The minimum absolute atomic E-state index is 0.00740. The summed E-state index contributed by atoms with van der Waals surface area (Å²) in [6.45, 7) is 7.81. The Kier molecular flexibility index (Phi) is 21.8. The fourth-order valence-corrected chi connectivity index (χ4v) is 4.74. The number of nitrogens with one attached hydrogen (secondary N) is 4. The molecule has 1 aromatic rings. The van der Waals surface area contributed by atoms with Gasteiger partial charge in [0.25, 0.3) is 11.8 Å². The second-order valence-corrected chi connectivity index (χ2v) is 12.3. The number of carbonyl (C=O) groups is 7. The number of hydrogen-bond acceptors (Lipinski definition) is 12. The van der Waals surface area contributed by atoms with E-state index < -0.39 is 35.8 Å². The van der Waals surface area contributed by atoms with Crippen LogP contribution < -0.4 is 27.0 Å². The van der Waals surface area contributed by atoms with Gasteiger partial charge in [-0.05, 0) is 36.5 Å². The normalized spacial score (nSPS) is 13.4. The number of primary amides is 1. The Bertz CT molecular complexity index is 1390. The van der Waals surface area contributed by atoms with E-state index in [4.69, 9.17) is 29.4 Å².